The van der Waals surface area contributed by atoms with Gasteiger partial charge in [0.15, 0.2) is 0 Å². The average Bonchev–Trinajstić information content (AvgIpc) is 2.87. The summed E-state index contributed by atoms with van der Waals surface area (Å²) in [6.45, 7) is 7.63. The van der Waals surface area contributed by atoms with Crippen LogP contribution in [0.1, 0.15) is 22.8 Å². The van der Waals surface area contributed by atoms with E-state index < -0.39 is 7.12 Å². The normalized spacial score (nSPS) is 9.81. The second-order valence-corrected chi connectivity index (χ2v) is 8.07. The highest BCUT2D eigenvalue weighted by molar-refractivity contribution is 6.58. The summed E-state index contributed by atoms with van der Waals surface area (Å²) >= 11 is 5.61. The smallest absolute Gasteiger partial charge is 0.488 e. The Hall–Kier alpha value is -3.53. The van der Waals surface area contributed by atoms with Crippen LogP contribution < -0.4 is 14.9 Å². The molecule has 0 aliphatic carbocycles. The summed E-state index contributed by atoms with van der Waals surface area (Å²) in [7, 11) is 1.82. The van der Waals surface area contributed by atoms with Crippen LogP contribution in [0.3, 0.4) is 0 Å². The van der Waals surface area contributed by atoms with Crippen molar-refractivity contribution >= 4 is 24.2 Å². The van der Waals surface area contributed by atoms with Gasteiger partial charge in [-0.15, -0.1) is 0 Å². The van der Waals surface area contributed by atoms with E-state index >= 15 is 0 Å². The fraction of sp³-hybridized carbons (Fsp3) is 0.231. The Kier molecular flexibility index (Phi) is 11.3. The van der Waals surface area contributed by atoms with Gasteiger partial charge in [0.2, 0.25) is 0 Å². The molecule has 0 unspecified atom stereocenters. The first kappa shape index (κ1) is 28.7. The van der Waals surface area contributed by atoms with E-state index in [-0.39, 0.29) is 0 Å². The molecule has 0 radical (unpaired) electrons. The Morgan fingerprint density at radius 2 is 1.17 bits per heavy atom. The minimum Gasteiger partial charge on any atom is -0.497 e. The Bertz CT molecular complexity index is 1240. The van der Waals surface area contributed by atoms with Gasteiger partial charge in [0.1, 0.15) is 16.7 Å². The Balaban J connectivity index is 0.000000200. The van der Waals surface area contributed by atoms with E-state index in [0.717, 1.165) is 39.8 Å². The van der Waals surface area contributed by atoms with Crippen LogP contribution in [-0.4, -0.2) is 51.3 Å². The lowest BCUT2D eigenvalue weighted by Gasteiger charge is -2.06. The van der Waals surface area contributed by atoms with Crippen molar-refractivity contribution < 1.29 is 19.5 Å². The summed E-state index contributed by atoms with van der Waals surface area (Å²) in [5, 5.41) is 17.9. The molecule has 0 amide bonds. The number of hydrogen-bond donors (Lipinski definition) is 2. The maximum absolute atomic E-state index is 8.70. The maximum atomic E-state index is 8.70. The predicted molar refractivity (Wildman–Crippen MR) is 143 cm³/mol. The molecule has 0 fully saturated rings. The van der Waals surface area contributed by atoms with Crippen molar-refractivity contribution in [1.82, 2.24) is 19.9 Å². The third-order valence-electron chi connectivity index (χ3n) is 4.85. The van der Waals surface area contributed by atoms with Crippen LogP contribution in [0.15, 0.2) is 60.9 Å². The first-order valence-corrected chi connectivity index (χ1v) is 11.4. The van der Waals surface area contributed by atoms with E-state index in [9.17, 15) is 0 Å². The van der Waals surface area contributed by atoms with Crippen LogP contribution in [-0.2, 0) is 0 Å². The van der Waals surface area contributed by atoms with Crippen molar-refractivity contribution in [2.75, 3.05) is 14.2 Å². The zero-order valence-corrected chi connectivity index (χ0v) is 22.0. The fourth-order valence-corrected chi connectivity index (χ4v) is 3.08. The number of halogens is 1. The summed E-state index contributed by atoms with van der Waals surface area (Å²) in [4.78, 5) is 16.8. The summed E-state index contributed by atoms with van der Waals surface area (Å²) < 4.78 is 10.0. The van der Waals surface area contributed by atoms with Crippen molar-refractivity contribution in [3.8, 4) is 22.8 Å². The number of ether oxygens (including phenoxy) is 2. The van der Waals surface area contributed by atoms with E-state index in [4.69, 9.17) is 31.1 Å². The monoisotopic (exact) mass is 508 g/mol. The lowest BCUT2D eigenvalue weighted by molar-refractivity contribution is 0.414. The van der Waals surface area contributed by atoms with Crippen molar-refractivity contribution in [3.63, 3.8) is 0 Å². The third kappa shape index (κ3) is 8.92. The van der Waals surface area contributed by atoms with Gasteiger partial charge in [-0.2, -0.15) is 0 Å². The average molecular weight is 509 g/mol. The molecule has 4 rings (SSSR count). The first-order chi connectivity index (χ1) is 17.1. The van der Waals surface area contributed by atoms with Gasteiger partial charge in [-0.3, -0.25) is 15.0 Å². The Morgan fingerprint density at radius 1 is 0.694 bits per heavy atom. The zero-order chi connectivity index (χ0) is 26.7. The first-order valence-electron chi connectivity index (χ1n) is 11.0. The topological polar surface area (TPSA) is 110 Å². The summed E-state index contributed by atoms with van der Waals surface area (Å²) in [5.41, 5.74) is 6.03. The molecule has 4 aromatic rings. The number of hydrogen-bond acceptors (Lipinski definition) is 8. The molecule has 0 aliphatic rings. The highest BCUT2D eigenvalue weighted by atomic mass is 35.5. The minimum atomic E-state index is -1.40. The van der Waals surface area contributed by atoms with E-state index in [1.165, 1.54) is 0 Å². The quantitative estimate of drug-likeness (QED) is 0.400. The van der Waals surface area contributed by atoms with Crippen LogP contribution in [0, 0.1) is 27.7 Å². The molecule has 0 aliphatic heterocycles. The molecule has 36 heavy (non-hydrogen) atoms. The number of aryl methyl sites for hydroxylation is 4. The molecule has 188 valence electrons. The second kappa shape index (κ2) is 14.1. The molecule has 0 spiro atoms. The van der Waals surface area contributed by atoms with Crippen molar-refractivity contribution in [3.05, 3.63) is 88.9 Å². The minimum absolute atomic E-state index is 0.464. The lowest BCUT2D eigenvalue weighted by atomic mass is 9.80. The second-order valence-electron chi connectivity index (χ2n) is 7.71. The van der Waals surface area contributed by atoms with E-state index in [2.05, 4.69) is 19.9 Å². The third-order valence-corrected chi connectivity index (χ3v) is 5.22. The SMILES string of the molecule is COc1ccc(-c2ncc(C)nc2C)cc1.COc1ccc(B(O)O)cc1.Cc1cnc(Cl)c(C)n1. The van der Waals surface area contributed by atoms with Gasteiger partial charge in [0, 0.05) is 18.0 Å². The van der Waals surface area contributed by atoms with Gasteiger partial charge < -0.3 is 19.5 Å². The number of nitrogens with zero attached hydrogens (tertiary/aromatic N) is 4. The molecular weight excluding hydrogens is 479 g/mol. The van der Waals surface area contributed by atoms with Gasteiger partial charge in [-0.1, -0.05) is 23.7 Å². The molecule has 2 heterocycles. The molecular formula is C26H30BClN4O4. The van der Waals surface area contributed by atoms with E-state index in [1.807, 2.05) is 52.0 Å². The van der Waals surface area contributed by atoms with Crippen LogP contribution in [0.25, 0.3) is 11.3 Å². The number of aromatic nitrogens is 4. The number of rotatable bonds is 4. The summed E-state index contributed by atoms with van der Waals surface area (Å²) in [5.74, 6) is 1.55. The molecule has 2 aromatic heterocycles. The Morgan fingerprint density at radius 3 is 1.58 bits per heavy atom. The van der Waals surface area contributed by atoms with Crippen molar-refractivity contribution in [1.29, 1.82) is 0 Å². The largest absolute Gasteiger partial charge is 0.497 e. The van der Waals surface area contributed by atoms with Gasteiger partial charge in [0.25, 0.3) is 0 Å². The maximum Gasteiger partial charge on any atom is 0.488 e. The fourth-order valence-electron chi connectivity index (χ4n) is 2.99. The molecule has 2 N–H and O–H groups in total. The molecule has 0 atom stereocenters. The molecule has 2 aromatic carbocycles. The molecule has 0 bridgehead atoms. The van der Waals surface area contributed by atoms with E-state index in [0.29, 0.717) is 16.4 Å². The van der Waals surface area contributed by atoms with Gasteiger partial charge >= 0.3 is 7.12 Å². The van der Waals surface area contributed by atoms with Gasteiger partial charge in [0.05, 0.1) is 42.7 Å². The van der Waals surface area contributed by atoms with E-state index in [1.54, 1.807) is 50.9 Å². The summed E-state index contributed by atoms with van der Waals surface area (Å²) in [6, 6.07) is 14.4. The molecule has 0 saturated heterocycles. The lowest BCUT2D eigenvalue weighted by Crippen LogP contribution is -2.29. The highest BCUT2D eigenvalue weighted by Gasteiger charge is 2.09. The zero-order valence-electron chi connectivity index (χ0n) is 21.2. The molecule has 10 heteroatoms. The number of benzene rings is 2. The van der Waals surface area contributed by atoms with Crippen molar-refractivity contribution in [2.45, 2.75) is 27.7 Å². The Labute approximate surface area is 217 Å². The molecule has 0 saturated carbocycles. The van der Waals surface area contributed by atoms with Gasteiger partial charge in [-0.25, -0.2) is 4.98 Å². The van der Waals surface area contributed by atoms with Crippen LogP contribution in [0.4, 0.5) is 0 Å². The highest BCUT2D eigenvalue weighted by Crippen LogP contribution is 2.22. The van der Waals surface area contributed by atoms with Crippen LogP contribution >= 0.6 is 11.6 Å². The number of methoxy groups -OCH3 is 2. The predicted octanol–water partition coefficient (Wildman–Crippen LogP) is 3.89. The van der Waals surface area contributed by atoms with Crippen LogP contribution in [0.2, 0.25) is 5.15 Å². The van der Waals surface area contributed by atoms with Crippen LogP contribution in [0.5, 0.6) is 11.5 Å². The van der Waals surface area contributed by atoms with Crippen molar-refractivity contribution in [2.24, 2.45) is 0 Å². The summed E-state index contributed by atoms with van der Waals surface area (Å²) in [6.07, 6.45) is 3.43. The molecule has 8 nitrogen and oxygen atoms in total. The van der Waals surface area contributed by atoms with Gasteiger partial charge in [-0.05, 0) is 69.6 Å². The standard InChI is InChI=1S/C13H14N2O.C7H9BO3.C6H7ClN2/c1-9-8-14-13(10(2)15-9)11-4-6-12(16-3)7-5-11;1-11-7-4-2-6(3-5-7)8(9)10;1-4-3-8-6(7)5(2)9-4/h4-8H,1-3H3;2-5,9-10H,1H3;3H,1-2H3.